The number of methoxy groups -OCH3 is 1. The molecule has 0 aliphatic rings. The van der Waals surface area contributed by atoms with Gasteiger partial charge < -0.3 is 4.74 Å². The first-order valence-electron chi connectivity index (χ1n) is 6.86. The quantitative estimate of drug-likeness (QED) is 0.628. The average molecular weight is 307 g/mol. The molecule has 0 fully saturated rings. The molecule has 2 aromatic rings. The highest BCUT2D eigenvalue weighted by Gasteiger charge is 2.17. The van der Waals surface area contributed by atoms with Crippen LogP contribution in [0.15, 0.2) is 30.3 Å². The molecule has 0 saturated heterocycles. The molecule has 1 aromatic heterocycles. The largest absolute Gasteiger partial charge is 0.468 e. The van der Waals surface area contributed by atoms with Gasteiger partial charge in [0, 0.05) is 23.5 Å². The summed E-state index contributed by atoms with van der Waals surface area (Å²) in [4.78, 5) is 17.9. The summed E-state index contributed by atoms with van der Waals surface area (Å²) in [6.45, 7) is 4.86. The van der Waals surface area contributed by atoms with Crippen molar-refractivity contribution in [2.24, 2.45) is 0 Å². The Morgan fingerprint density at radius 2 is 2.10 bits per heavy atom. The van der Waals surface area contributed by atoms with Crippen LogP contribution in [0, 0.1) is 0 Å². The van der Waals surface area contributed by atoms with Crippen molar-refractivity contribution in [3.05, 3.63) is 41.0 Å². The van der Waals surface area contributed by atoms with Crippen molar-refractivity contribution in [1.82, 2.24) is 9.88 Å². The van der Waals surface area contributed by atoms with Crippen LogP contribution in [-0.2, 0) is 16.1 Å². The lowest BCUT2D eigenvalue weighted by Crippen LogP contribution is -2.35. The van der Waals surface area contributed by atoms with Crippen LogP contribution in [0.1, 0.15) is 19.4 Å². The number of carbonyl (C=O) groups is 1. The second-order valence-corrected chi connectivity index (χ2v) is 5.56. The highest BCUT2D eigenvalue weighted by atomic mass is 35.5. The molecule has 0 aliphatic carbocycles. The van der Waals surface area contributed by atoms with E-state index in [1.54, 1.807) is 0 Å². The zero-order valence-electron chi connectivity index (χ0n) is 12.5. The standard InChI is InChI=1S/C16H19ClN2O2/c1-11(2)19(10-15(20)21-3)9-13-8-12-6-4-5-7-14(12)18-16(13)17/h4-8,11H,9-10H2,1-3H3. The summed E-state index contributed by atoms with van der Waals surface area (Å²) in [5.74, 6) is -0.256. The van der Waals surface area contributed by atoms with Gasteiger partial charge in [0.2, 0.25) is 0 Å². The molecule has 1 heterocycles. The van der Waals surface area contributed by atoms with Gasteiger partial charge in [-0.25, -0.2) is 4.98 Å². The third-order valence-electron chi connectivity index (χ3n) is 3.41. The van der Waals surface area contributed by atoms with Crippen LogP contribution in [0.5, 0.6) is 0 Å². The third kappa shape index (κ3) is 3.93. The first kappa shape index (κ1) is 15.7. The van der Waals surface area contributed by atoms with Crippen LogP contribution in [0.4, 0.5) is 0 Å². The summed E-state index contributed by atoms with van der Waals surface area (Å²) in [7, 11) is 1.39. The smallest absolute Gasteiger partial charge is 0.319 e. The van der Waals surface area contributed by atoms with E-state index in [0.29, 0.717) is 11.7 Å². The fraction of sp³-hybridized carbons (Fsp3) is 0.375. The van der Waals surface area contributed by atoms with Crippen molar-refractivity contribution in [2.45, 2.75) is 26.4 Å². The zero-order valence-corrected chi connectivity index (χ0v) is 13.2. The second kappa shape index (κ2) is 6.87. The van der Waals surface area contributed by atoms with Crippen LogP contribution in [-0.4, -0.2) is 35.5 Å². The maximum Gasteiger partial charge on any atom is 0.319 e. The lowest BCUT2D eigenvalue weighted by atomic mass is 10.1. The van der Waals surface area contributed by atoms with Crippen molar-refractivity contribution in [3.8, 4) is 0 Å². The Balaban J connectivity index is 2.27. The van der Waals surface area contributed by atoms with E-state index >= 15 is 0 Å². The van der Waals surface area contributed by atoms with E-state index in [1.165, 1.54) is 7.11 Å². The van der Waals surface area contributed by atoms with Gasteiger partial charge in [-0.1, -0.05) is 29.8 Å². The molecule has 0 bridgehead atoms. The molecule has 0 aliphatic heterocycles. The van der Waals surface area contributed by atoms with E-state index in [-0.39, 0.29) is 18.6 Å². The summed E-state index contributed by atoms with van der Waals surface area (Å²) in [5, 5.41) is 1.52. The van der Waals surface area contributed by atoms with Crippen molar-refractivity contribution in [3.63, 3.8) is 0 Å². The highest BCUT2D eigenvalue weighted by molar-refractivity contribution is 6.30. The zero-order chi connectivity index (χ0) is 15.4. The fourth-order valence-electron chi connectivity index (χ4n) is 2.12. The molecule has 2 rings (SSSR count). The molecular weight excluding hydrogens is 288 g/mol. The number of rotatable bonds is 5. The molecule has 0 radical (unpaired) electrons. The Bertz CT molecular complexity index is 643. The van der Waals surface area contributed by atoms with Crippen molar-refractivity contribution in [1.29, 1.82) is 0 Å². The number of hydrogen-bond donors (Lipinski definition) is 0. The van der Waals surface area contributed by atoms with E-state index in [9.17, 15) is 4.79 Å². The normalized spacial score (nSPS) is 11.3. The first-order valence-corrected chi connectivity index (χ1v) is 7.24. The highest BCUT2D eigenvalue weighted by Crippen LogP contribution is 2.22. The summed E-state index contributed by atoms with van der Waals surface area (Å²) < 4.78 is 4.74. The number of para-hydroxylation sites is 1. The maximum absolute atomic E-state index is 11.5. The Hall–Kier alpha value is -1.65. The summed E-state index contributed by atoms with van der Waals surface area (Å²) in [6.07, 6.45) is 0. The van der Waals surface area contributed by atoms with E-state index in [0.717, 1.165) is 16.5 Å². The summed E-state index contributed by atoms with van der Waals surface area (Å²) in [5.41, 5.74) is 1.78. The molecule has 4 nitrogen and oxygen atoms in total. The monoisotopic (exact) mass is 306 g/mol. The molecule has 1 aromatic carbocycles. The Labute approximate surface area is 129 Å². The van der Waals surface area contributed by atoms with Crippen LogP contribution >= 0.6 is 11.6 Å². The lowest BCUT2D eigenvalue weighted by Gasteiger charge is -2.25. The van der Waals surface area contributed by atoms with Gasteiger partial charge in [-0.3, -0.25) is 9.69 Å². The molecule has 0 spiro atoms. The Morgan fingerprint density at radius 1 is 1.38 bits per heavy atom. The predicted octanol–water partition coefficient (Wildman–Crippen LogP) is 3.27. The molecule has 0 amide bonds. The predicted molar refractivity (Wildman–Crippen MR) is 84.3 cm³/mol. The maximum atomic E-state index is 11.5. The van der Waals surface area contributed by atoms with Gasteiger partial charge in [0.25, 0.3) is 0 Å². The fourth-order valence-corrected chi connectivity index (χ4v) is 2.32. The minimum absolute atomic E-state index is 0.201. The SMILES string of the molecule is COC(=O)CN(Cc1cc2ccccc2nc1Cl)C(C)C. The molecule has 0 atom stereocenters. The van der Waals surface area contributed by atoms with E-state index in [4.69, 9.17) is 16.3 Å². The van der Waals surface area contributed by atoms with E-state index in [1.807, 2.05) is 49.1 Å². The number of benzene rings is 1. The Morgan fingerprint density at radius 3 is 2.76 bits per heavy atom. The first-order chi connectivity index (χ1) is 10.0. The van der Waals surface area contributed by atoms with Gasteiger partial charge in [-0.05, 0) is 26.0 Å². The van der Waals surface area contributed by atoms with Gasteiger partial charge in [0.1, 0.15) is 5.15 Å². The van der Waals surface area contributed by atoms with Crippen molar-refractivity contribution < 1.29 is 9.53 Å². The minimum Gasteiger partial charge on any atom is -0.468 e. The van der Waals surface area contributed by atoms with E-state index in [2.05, 4.69) is 4.98 Å². The summed E-state index contributed by atoms with van der Waals surface area (Å²) >= 11 is 6.27. The Kier molecular flexibility index (Phi) is 5.15. The van der Waals surface area contributed by atoms with Crippen LogP contribution in [0.25, 0.3) is 10.9 Å². The molecule has 0 saturated carbocycles. The number of nitrogens with zero attached hydrogens (tertiary/aromatic N) is 2. The molecule has 5 heteroatoms. The topological polar surface area (TPSA) is 42.4 Å². The number of esters is 1. The lowest BCUT2D eigenvalue weighted by molar-refractivity contribution is -0.142. The summed E-state index contributed by atoms with van der Waals surface area (Å²) in [6, 6.07) is 10.1. The molecule has 21 heavy (non-hydrogen) atoms. The molecule has 0 unspecified atom stereocenters. The minimum atomic E-state index is -0.256. The van der Waals surface area contributed by atoms with Crippen molar-refractivity contribution in [2.75, 3.05) is 13.7 Å². The van der Waals surface area contributed by atoms with Crippen LogP contribution in [0.3, 0.4) is 0 Å². The number of hydrogen-bond acceptors (Lipinski definition) is 4. The van der Waals surface area contributed by atoms with Gasteiger partial charge in [-0.2, -0.15) is 0 Å². The average Bonchev–Trinajstić information content (AvgIpc) is 2.46. The van der Waals surface area contributed by atoms with Crippen LogP contribution in [0.2, 0.25) is 5.15 Å². The van der Waals surface area contributed by atoms with Gasteiger partial charge in [-0.15, -0.1) is 0 Å². The van der Waals surface area contributed by atoms with Gasteiger partial charge in [0.15, 0.2) is 0 Å². The number of ether oxygens (including phenoxy) is 1. The molecular formula is C16H19ClN2O2. The second-order valence-electron chi connectivity index (χ2n) is 5.21. The third-order valence-corrected chi connectivity index (χ3v) is 3.74. The number of halogens is 1. The molecule has 112 valence electrons. The number of pyridine rings is 1. The number of carbonyl (C=O) groups excluding carboxylic acids is 1. The van der Waals surface area contributed by atoms with Gasteiger partial charge in [0.05, 0.1) is 19.2 Å². The van der Waals surface area contributed by atoms with E-state index < -0.39 is 0 Å². The van der Waals surface area contributed by atoms with Crippen LogP contribution < -0.4 is 0 Å². The molecule has 0 N–H and O–H groups in total. The number of fused-ring (bicyclic) bond motifs is 1. The van der Waals surface area contributed by atoms with Gasteiger partial charge >= 0.3 is 5.97 Å². The number of aromatic nitrogens is 1. The van der Waals surface area contributed by atoms with Crippen molar-refractivity contribution >= 4 is 28.5 Å².